The summed E-state index contributed by atoms with van der Waals surface area (Å²) in [6.45, 7) is 8.59. The van der Waals surface area contributed by atoms with Crippen LogP contribution in [0.5, 0.6) is 0 Å². The molecule has 1 heterocycles. The van der Waals surface area contributed by atoms with Crippen LogP contribution in [-0.2, 0) is 4.79 Å². The van der Waals surface area contributed by atoms with Crippen LogP contribution in [0.1, 0.15) is 33.6 Å². The van der Waals surface area contributed by atoms with Crippen molar-refractivity contribution in [3.63, 3.8) is 0 Å². The van der Waals surface area contributed by atoms with Crippen LogP contribution in [0.15, 0.2) is 24.3 Å². The lowest BCUT2D eigenvalue weighted by Crippen LogP contribution is -2.46. The summed E-state index contributed by atoms with van der Waals surface area (Å²) in [6.07, 6.45) is 2.39. The van der Waals surface area contributed by atoms with Gasteiger partial charge in [0.05, 0.1) is 0 Å². The summed E-state index contributed by atoms with van der Waals surface area (Å²) < 4.78 is 0. The molecule has 0 saturated carbocycles. The molecule has 6 heteroatoms. The summed E-state index contributed by atoms with van der Waals surface area (Å²) in [4.78, 5) is 28.1. The number of hydrogen-bond acceptors (Lipinski definition) is 3. The van der Waals surface area contributed by atoms with Gasteiger partial charge in [-0.2, -0.15) is 0 Å². The molecular weight excluding hydrogens is 316 g/mol. The molecule has 0 spiro atoms. The van der Waals surface area contributed by atoms with Gasteiger partial charge in [0.25, 0.3) is 0 Å². The zero-order valence-corrected chi connectivity index (χ0v) is 15.7. The number of nitrogens with one attached hydrogen (secondary N) is 2. The number of rotatable bonds is 5. The van der Waals surface area contributed by atoms with Gasteiger partial charge in [-0.15, -0.1) is 0 Å². The predicted molar refractivity (Wildman–Crippen MR) is 102 cm³/mol. The molecule has 0 bridgehead atoms. The highest BCUT2D eigenvalue weighted by Crippen LogP contribution is 2.25. The average molecular weight is 346 g/mol. The Bertz CT molecular complexity index is 597. The lowest BCUT2D eigenvalue weighted by Gasteiger charge is -2.32. The number of anilines is 2. The molecule has 0 unspecified atom stereocenters. The Kier molecular flexibility index (Phi) is 6.67. The quantitative estimate of drug-likeness (QED) is 0.861. The smallest absolute Gasteiger partial charge is 0.319 e. The fraction of sp³-hybridized carbons (Fsp3) is 0.579. The second-order valence-electron chi connectivity index (χ2n) is 6.89. The number of carbonyl (C=O) groups is 2. The third-order valence-electron chi connectivity index (χ3n) is 4.82. The first-order chi connectivity index (χ1) is 11.9. The number of nitrogens with zero attached hydrogens (tertiary/aromatic N) is 2. The van der Waals surface area contributed by atoms with Crippen molar-refractivity contribution in [3.8, 4) is 0 Å². The Balaban J connectivity index is 1.93. The Hall–Kier alpha value is -2.24. The van der Waals surface area contributed by atoms with Crippen molar-refractivity contribution in [1.82, 2.24) is 10.2 Å². The van der Waals surface area contributed by atoms with Gasteiger partial charge in [0.2, 0.25) is 5.91 Å². The average Bonchev–Trinajstić information content (AvgIpc) is 2.61. The normalized spacial score (nSPS) is 16.2. The second kappa shape index (κ2) is 8.74. The first kappa shape index (κ1) is 19.1. The highest BCUT2D eigenvalue weighted by atomic mass is 16.2. The molecule has 1 aromatic carbocycles. The standard InChI is InChI=1S/C19H30N4O2/c1-5-22(4)18(24)15(3)20-19(25)21-16-7-6-8-17(13-16)23-11-9-14(2)10-12-23/h6-8,13-15H,5,9-12H2,1-4H3,(H2,20,21,25)/t15-/m1/s1. The fourth-order valence-electron chi connectivity index (χ4n) is 2.96. The van der Waals surface area contributed by atoms with Crippen molar-refractivity contribution in [3.05, 3.63) is 24.3 Å². The third kappa shape index (κ3) is 5.37. The van der Waals surface area contributed by atoms with Gasteiger partial charge in [-0.3, -0.25) is 4.79 Å². The summed E-state index contributed by atoms with van der Waals surface area (Å²) in [5.41, 5.74) is 1.86. The molecule has 6 nitrogen and oxygen atoms in total. The number of piperidine rings is 1. The van der Waals surface area contributed by atoms with Gasteiger partial charge >= 0.3 is 6.03 Å². The van der Waals surface area contributed by atoms with Crippen LogP contribution in [0.25, 0.3) is 0 Å². The molecule has 1 aliphatic heterocycles. The molecular formula is C19H30N4O2. The van der Waals surface area contributed by atoms with Crippen molar-refractivity contribution in [2.45, 2.75) is 39.7 Å². The summed E-state index contributed by atoms with van der Waals surface area (Å²) in [5.74, 6) is 0.678. The van der Waals surface area contributed by atoms with E-state index in [0.717, 1.165) is 30.4 Å². The van der Waals surface area contributed by atoms with Gasteiger partial charge in [0.15, 0.2) is 0 Å². The fourth-order valence-corrected chi connectivity index (χ4v) is 2.96. The number of amides is 3. The Morgan fingerprint density at radius 1 is 1.32 bits per heavy atom. The van der Waals surface area contributed by atoms with Crippen LogP contribution in [0.4, 0.5) is 16.2 Å². The molecule has 25 heavy (non-hydrogen) atoms. The highest BCUT2D eigenvalue weighted by Gasteiger charge is 2.19. The molecule has 0 aromatic heterocycles. The number of hydrogen-bond donors (Lipinski definition) is 2. The molecule has 1 saturated heterocycles. The molecule has 3 amide bonds. The SMILES string of the molecule is CCN(C)C(=O)[C@@H](C)NC(=O)Nc1cccc(N2CCC(C)CC2)c1. The minimum absolute atomic E-state index is 0.103. The Labute approximate surface area is 150 Å². The molecule has 2 N–H and O–H groups in total. The van der Waals surface area contributed by atoms with Crippen LogP contribution >= 0.6 is 0 Å². The van der Waals surface area contributed by atoms with Gasteiger partial charge in [-0.25, -0.2) is 4.79 Å². The summed E-state index contributed by atoms with van der Waals surface area (Å²) >= 11 is 0. The van der Waals surface area contributed by atoms with E-state index in [0.29, 0.717) is 6.54 Å². The number of benzene rings is 1. The van der Waals surface area contributed by atoms with Crippen molar-refractivity contribution in [2.24, 2.45) is 5.92 Å². The second-order valence-corrected chi connectivity index (χ2v) is 6.89. The minimum atomic E-state index is -0.559. The monoisotopic (exact) mass is 346 g/mol. The van der Waals surface area contributed by atoms with E-state index in [2.05, 4.69) is 28.5 Å². The van der Waals surface area contributed by atoms with E-state index in [1.165, 1.54) is 12.8 Å². The zero-order chi connectivity index (χ0) is 18.4. The van der Waals surface area contributed by atoms with E-state index in [9.17, 15) is 9.59 Å². The molecule has 2 rings (SSSR count). The predicted octanol–water partition coefficient (Wildman–Crippen LogP) is 2.91. The molecule has 0 aliphatic carbocycles. The first-order valence-corrected chi connectivity index (χ1v) is 9.08. The van der Waals surface area contributed by atoms with Crippen LogP contribution in [0.3, 0.4) is 0 Å². The molecule has 1 atom stereocenters. The van der Waals surface area contributed by atoms with E-state index in [4.69, 9.17) is 0 Å². The van der Waals surface area contributed by atoms with E-state index in [1.807, 2.05) is 25.1 Å². The maximum absolute atomic E-state index is 12.2. The topological polar surface area (TPSA) is 64.7 Å². The Morgan fingerprint density at radius 2 is 2.00 bits per heavy atom. The lowest BCUT2D eigenvalue weighted by atomic mass is 9.99. The minimum Gasteiger partial charge on any atom is -0.371 e. The van der Waals surface area contributed by atoms with Gasteiger partial charge in [-0.1, -0.05) is 13.0 Å². The maximum Gasteiger partial charge on any atom is 0.319 e. The van der Waals surface area contributed by atoms with E-state index in [-0.39, 0.29) is 11.9 Å². The van der Waals surface area contributed by atoms with Crippen LogP contribution in [0.2, 0.25) is 0 Å². The van der Waals surface area contributed by atoms with Crippen LogP contribution < -0.4 is 15.5 Å². The largest absolute Gasteiger partial charge is 0.371 e. The van der Waals surface area contributed by atoms with Gasteiger partial charge in [-0.05, 0) is 50.8 Å². The molecule has 1 fully saturated rings. The van der Waals surface area contributed by atoms with Crippen molar-refractivity contribution >= 4 is 23.3 Å². The van der Waals surface area contributed by atoms with Crippen molar-refractivity contribution in [2.75, 3.05) is 36.9 Å². The molecule has 1 aliphatic rings. The number of urea groups is 1. The van der Waals surface area contributed by atoms with Gasteiger partial charge in [0, 0.05) is 38.1 Å². The molecule has 1 aromatic rings. The van der Waals surface area contributed by atoms with Gasteiger partial charge in [0.1, 0.15) is 6.04 Å². The first-order valence-electron chi connectivity index (χ1n) is 9.08. The van der Waals surface area contributed by atoms with Gasteiger partial charge < -0.3 is 20.4 Å². The van der Waals surface area contributed by atoms with Crippen LogP contribution in [-0.4, -0.2) is 49.6 Å². The highest BCUT2D eigenvalue weighted by molar-refractivity contribution is 5.93. The number of carbonyl (C=O) groups excluding carboxylic acids is 2. The lowest BCUT2D eigenvalue weighted by molar-refractivity contribution is -0.131. The van der Waals surface area contributed by atoms with E-state index >= 15 is 0 Å². The molecule has 0 radical (unpaired) electrons. The molecule has 138 valence electrons. The van der Waals surface area contributed by atoms with Crippen molar-refractivity contribution in [1.29, 1.82) is 0 Å². The summed E-state index contributed by atoms with van der Waals surface area (Å²) in [6, 6.07) is 6.94. The summed E-state index contributed by atoms with van der Waals surface area (Å²) in [5, 5.41) is 5.52. The Morgan fingerprint density at radius 3 is 2.64 bits per heavy atom. The van der Waals surface area contributed by atoms with E-state index in [1.54, 1.807) is 18.9 Å². The maximum atomic E-state index is 12.2. The van der Waals surface area contributed by atoms with Crippen molar-refractivity contribution < 1.29 is 9.59 Å². The zero-order valence-electron chi connectivity index (χ0n) is 15.7. The van der Waals surface area contributed by atoms with Crippen LogP contribution in [0, 0.1) is 5.92 Å². The van der Waals surface area contributed by atoms with E-state index < -0.39 is 6.04 Å². The number of likely N-dealkylation sites (N-methyl/N-ethyl adjacent to an activating group) is 1. The third-order valence-corrected chi connectivity index (χ3v) is 4.82. The summed E-state index contributed by atoms with van der Waals surface area (Å²) in [7, 11) is 1.72.